The largest absolute Gasteiger partial charge is 0.360 e. The fraction of sp³-hybridized carbons (Fsp3) is 0.0339. The average molecular weight is 792 g/mol. The van der Waals surface area contributed by atoms with E-state index in [-0.39, 0.29) is 6.17 Å². The van der Waals surface area contributed by atoms with Gasteiger partial charge in [-0.05, 0) is 109 Å². The molecular weight excluding hydrogens is 751 g/mol. The molecule has 0 fully saturated rings. The van der Waals surface area contributed by atoms with Crippen LogP contribution in [0.2, 0.25) is 0 Å². The van der Waals surface area contributed by atoms with E-state index < -0.39 is 5.41 Å². The molecule has 0 bridgehead atoms. The summed E-state index contributed by atoms with van der Waals surface area (Å²) in [5, 5.41) is 3.76. The molecule has 9 aromatic carbocycles. The third-order valence-corrected chi connectivity index (χ3v) is 12.9. The van der Waals surface area contributed by atoms with Crippen molar-refractivity contribution in [2.24, 2.45) is 4.99 Å². The first-order valence-electron chi connectivity index (χ1n) is 21.4. The van der Waals surface area contributed by atoms with Crippen molar-refractivity contribution in [3.05, 3.63) is 276 Å². The van der Waals surface area contributed by atoms with E-state index >= 15 is 0 Å². The molecule has 0 amide bonds. The zero-order valence-electron chi connectivity index (χ0n) is 34.0. The Hall–Kier alpha value is -8.01. The van der Waals surface area contributed by atoms with Crippen LogP contribution in [0, 0.1) is 0 Å². The minimum atomic E-state index is -0.520. The Morgan fingerprint density at radius 1 is 0.387 bits per heavy atom. The molecule has 1 spiro atoms. The number of benzene rings is 9. The maximum Gasteiger partial charge on any atom is 0.145 e. The summed E-state index contributed by atoms with van der Waals surface area (Å²) < 4.78 is 0. The van der Waals surface area contributed by atoms with Gasteiger partial charge in [-0.2, -0.15) is 0 Å². The highest BCUT2D eigenvalue weighted by Crippen LogP contribution is 2.63. The highest BCUT2D eigenvalue weighted by molar-refractivity contribution is 6.13. The molecule has 12 rings (SSSR count). The molecule has 0 radical (unpaired) electrons. The number of nitrogens with zero attached hydrogens (tertiary/aromatic N) is 2. The van der Waals surface area contributed by atoms with Crippen LogP contribution >= 0.6 is 0 Å². The van der Waals surface area contributed by atoms with Crippen molar-refractivity contribution in [3.8, 4) is 33.4 Å². The highest BCUT2D eigenvalue weighted by Gasteiger charge is 2.51. The van der Waals surface area contributed by atoms with Crippen molar-refractivity contribution in [3.63, 3.8) is 0 Å². The number of anilines is 3. The van der Waals surface area contributed by atoms with Crippen LogP contribution in [0.1, 0.15) is 45.1 Å². The molecule has 3 aliphatic rings. The number of nitrogens with one attached hydrogen (secondary N) is 1. The Bertz CT molecular complexity index is 3160. The van der Waals surface area contributed by atoms with Gasteiger partial charge in [0.15, 0.2) is 0 Å². The molecule has 2 heterocycles. The number of hydrogen-bond donors (Lipinski definition) is 1. The SMILES string of the molecule is C1=C(c2ccc(-c3ccccc3)cc2)NC(c2ccccc2)N=C1c1cccc(-c2ccc3c(c2)C2(c4ccccc4-3)c3ccccc3N(c3ccccc3)c3ccccc32)c1. The standard InChI is InChI=1S/C59H41N3/c1-4-17-40(18-5-1)41-31-33-42(34-32-41)54-39-55(61-58(60-54)43-19-6-2-7-20-43)46-22-16-21-44(37-46)45-35-36-49-48-25-10-11-26-50(48)59(53(49)38-45)51-27-12-14-29-56(51)62(47-23-8-3-9-24-47)57-30-15-13-28-52(57)59/h1-39,58,60H. The van der Waals surface area contributed by atoms with E-state index in [1.807, 2.05) is 0 Å². The monoisotopic (exact) mass is 791 g/mol. The molecule has 3 nitrogen and oxygen atoms in total. The van der Waals surface area contributed by atoms with Gasteiger partial charge in [0.2, 0.25) is 0 Å². The number of allylic oxidation sites excluding steroid dienone is 1. The van der Waals surface area contributed by atoms with E-state index in [1.165, 1.54) is 61.4 Å². The predicted molar refractivity (Wildman–Crippen MR) is 256 cm³/mol. The van der Waals surface area contributed by atoms with Gasteiger partial charge in [-0.25, -0.2) is 0 Å². The second kappa shape index (κ2) is 14.6. The summed E-state index contributed by atoms with van der Waals surface area (Å²) in [6, 6.07) is 83.7. The Balaban J connectivity index is 0.994. The third kappa shape index (κ3) is 5.70. The lowest BCUT2D eigenvalue weighted by atomic mass is 9.64. The summed E-state index contributed by atoms with van der Waals surface area (Å²) in [4.78, 5) is 7.79. The van der Waals surface area contributed by atoms with Gasteiger partial charge in [0.1, 0.15) is 6.17 Å². The summed E-state index contributed by atoms with van der Waals surface area (Å²) in [5.74, 6) is 0. The molecule has 62 heavy (non-hydrogen) atoms. The minimum Gasteiger partial charge on any atom is -0.360 e. The van der Waals surface area contributed by atoms with E-state index in [0.29, 0.717) is 0 Å². The van der Waals surface area contributed by atoms with Gasteiger partial charge >= 0.3 is 0 Å². The first-order chi connectivity index (χ1) is 30.7. The van der Waals surface area contributed by atoms with Crippen molar-refractivity contribution in [1.29, 1.82) is 0 Å². The molecular formula is C59H41N3. The molecule has 1 aliphatic carbocycles. The molecule has 1 N–H and O–H groups in total. The normalized spacial score (nSPS) is 15.4. The second-order valence-electron chi connectivity index (χ2n) is 16.3. The van der Waals surface area contributed by atoms with Gasteiger partial charge in [0.25, 0.3) is 0 Å². The number of para-hydroxylation sites is 3. The smallest absolute Gasteiger partial charge is 0.145 e. The Labute approximate surface area is 362 Å². The Morgan fingerprint density at radius 2 is 0.903 bits per heavy atom. The zero-order valence-corrected chi connectivity index (χ0v) is 34.0. The number of rotatable bonds is 6. The van der Waals surface area contributed by atoms with E-state index in [1.54, 1.807) is 0 Å². The number of aliphatic imine (C=N–C) groups is 1. The van der Waals surface area contributed by atoms with Gasteiger partial charge in [-0.15, -0.1) is 0 Å². The van der Waals surface area contributed by atoms with Crippen LogP contribution in [-0.2, 0) is 5.41 Å². The molecule has 0 aromatic heterocycles. The maximum absolute atomic E-state index is 5.36. The molecule has 292 valence electrons. The summed E-state index contributed by atoms with van der Waals surface area (Å²) in [6.45, 7) is 0. The average Bonchev–Trinajstić information content (AvgIpc) is 3.65. The molecule has 0 saturated heterocycles. The van der Waals surface area contributed by atoms with E-state index in [4.69, 9.17) is 4.99 Å². The summed E-state index contributed by atoms with van der Waals surface area (Å²) >= 11 is 0. The fourth-order valence-corrected chi connectivity index (χ4v) is 10.1. The first kappa shape index (κ1) is 35.9. The van der Waals surface area contributed by atoms with Crippen molar-refractivity contribution in [2.75, 3.05) is 4.90 Å². The van der Waals surface area contributed by atoms with Crippen LogP contribution in [0.3, 0.4) is 0 Å². The van der Waals surface area contributed by atoms with Gasteiger partial charge in [0, 0.05) is 16.9 Å². The Morgan fingerprint density at radius 3 is 1.63 bits per heavy atom. The van der Waals surface area contributed by atoms with Crippen LogP contribution < -0.4 is 10.2 Å². The first-order valence-corrected chi connectivity index (χ1v) is 21.4. The molecule has 1 unspecified atom stereocenters. The van der Waals surface area contributed by atoms with Crippen molar-refractivity contribution in [1.82, 2.24) is 5.32 Å². The summed E-state index contributed by atoms with van der Waals surface area (Å²) in [7, 11) is 0. The summed E-state index contributed by atoms with van der Waals surface area (Å²) in [6.07, 6.45) is 1.97. The quantitative estimate of drug-likeness (QED) is 0.182. The van der Waals surface area contributed by atoms with Crippen molar-refractivity contribution < 1.29 is 0 Å². The van der Waals surface area contributed by atoms with Gasteiger partial charge in [-0.1, -0.05) is 194 Å². The molecule has 2 aliphatic heterocycles. The highest BCUT2D eigenvalue weighted by atomic mass is 15.2. The maximum atomic E-state index is 5.36. The fourth-order valence-electron chi connectivity index (χ4n) is 10.1. The van der Waals surface area contributed by atoms with E-state index in [9.17, 15) is 0 Å². The Kier molecular flexibility index (Phi) is 8.46. The van der Waals surface area contributed by atoms with Gasteiger partial charge in [-0.3, -0.25) is 4.99 Å². The van der Waals surface area contributed by atoms with Crippen molar-refractivity contribution in [2.45, 2.75) is 11.6 Å². The lowest BCUT2D eigenvalue weighted by Crippen LogP contribution is -2.36. The minimum absolute atomic E-state index is 0.232. The number of hydrogen-bond acceptors (Lipinski definition) is 3. The van der Waals surface area contributed by atoms with E-state index in [2.05, 4.69) is 247 Å². The summed E-state index contributed by atoms with van der Waals surface area (Å²) in [5.41, 5.74) is 20.8. The lowest BCUT2D eigenvalue weighted by Gasteiger charge is -2.45. The zero-order chi connectivity index (χ0) is 41.0. The van der Waals surface area contributed by atoms with Crippen LogP contribution in [0.15, 0.2) is 242 Å². The van der Waals surface area contributed by atoms with Gasteiger partial charge in [0.05, 0.1) is 22.5 Å². The van der Waals surface area contributed by atoms with Crippen molar-refractivity contribution >= 4 is 28.5 Å². The lowest BCUT2D eigenvalue weighted by molar-refractivity contribution is 0.664. The molecule has 9 aromatic rings. The second-order valence-corrected chi connectivity index (χ2v) is 16.3. The van der Waals surface area contributed by atoms with Crippen LogP contribution in [0.5, 0.6) is 0 Å². The van der Waals surface area contributed by atoms with Gasteiger partial charge < -0.3 is 10.2 Å². The van der Waals surface area contributed by atoms with Crippen LogP contribution in [0.25, 0.3) is 39.1 Å². The van der Waals surface area contributed by atoms with E-state index in [0.717, 1.165) is 39.3 Å². The van der Waals surface area contributed by atoms with Crippen LogP contribution in [0.4, 0.5) is 17.1 Å². The van der Waals surface area contributed by atoms with Crippen LogP contribution in [-0.4, -0.2) is 5.71 Å². The molecule has 3 heteroatoms. The topological polar surface area (TPSA) is 27.6 Å². The number of fused-ring (bicyclic) bond motifs is 9. The predicted octanol–water partition coefficient (Wildman–Crippen LogP) is 14.3. The molecule has 0 saturated carbocycles. The molecule has 1 atom stereocenters. The third-order valence-electron chi connectivity index (χ3n) is 12.9.